The Hall–Kier alpha value is -1.33. The molecule has 0 aromatic carbocycles. The lowest BCUT2D eigenvalue weighted by Gasteiger charge is -1.97. The van der Waals surface area contributed by atoms with Gasteiger partial charge in [0.15, 0.2) is 18.2 Å². The average molecular weight is 325 g/mol. The summed E-state index contributed by atoms with van der Waals surface area (Å²) < 4.78 is 2.67. The molecule has 0 saturated heterocycles. The number of ketones is 2. The number of hydrogen-bond acceptors (Lipinski definition) is 3. The SMILES string of the molecule is CC(=O)c1ccc[n+](CC(=O)c2ccc(Br)s2)c1. The topological polar surface area (TPSA) is 38.0 Å². The number of Topliss-reactive ketones (excluding diaryl/α,β-unsaturated/α-hetero) is 2. The van der Waals surface area contributed by atoms with Crippen LogP contribution in [0, 0.1) is 0 Å². The zero-order valence-electron chi connectivity index (χ0n) is 9.72. The Morgan fingerprint density at radius 3 is 2.72 bits per heavy atom. The van der Waals surface area contributed by atoms with Gasteiger partial charge in [-0.3, -0.25) is 9.59 Å². The number of rotatable bonds is 4. The van der Waals surface area contributed by atoms with E-state index in [0.29, 0.717) is 10.4 Å². The Bertz CT molecular complexity index is 607. The highest BCUT2D eigenvalue weighted by Crippen LogP contribution is 2.22. The van der Waals surface area contributed by atoms with E-state index in [1.54, 1.807) is 35.2 Å². The van der Waals surface area contributed by atoms with E-state index in [1.807, 2.05) is 6.07 Å². The number of hydrogen-bond donors (Lipinski definition) is 0. The minimum Gasteiger partial charge on any atom is -0.294 e. The summed E-state index contributed by atoms with van der Waals surface area (Å²) in [6.45, 7) is 1.76. The van der Waals surface area contributed by atoms with Gasteiger partial charge in [0.25, 0.3) is 0 Å². The summed E-state index contributed by atoms with van der Waals surface area (Å²) in [5, 5.41) is 0. The van der Waals surface area contributed by atoms with Crippen LogP contribution in [-0.4, -0.2) is 11.6 Å². The summed E-state index contributed by atoms with van der Waals surface area (Å²) in [5.41, 5.74) is 0.609. The van der Waals surface area contributed by atoms with Gasteiger partial charge in [-0.2, -0.15) is 4.57 Å². The molecule has 0 saturated carbocycles. The molecule has 0 N–H and O–H groups in total. The van der Waals surface area contributed by atoms with E-state index in [4.69, 9.17) is 0 Å². The zero-order chi connectivity index (χ0) is 13.1. The summed E-state index contributed by atoms with van der Waals surface area (Å²) >= 11 is 4.74. The number of aromatic nitrogens is 1. The lowest BCUT2D eigenvalue weighted by atomic mass is 10.2. The first-order valence-electron chi connectivity index (χ1n) is 5.35. The Morgan fingerprint density at radius 1 is 1.33 bits per heavy atom. The number of nitrogens with zero attached hydrogens (tertiary/aromatic N) is 1. The number of thiophene rings is 1. The molecule has 0 aliphatic heterocycles. The second kappa shape index (κ2) is 5.54. The van der Waals surface area contributed by atoms with Gasteiger partial charge in [-0.1, -0.05) is 0 Å². The smallest absolute Gasteiger partial charge is 0.237 e. The van der Waals surface area contributed by atoms with Gasteiger partial charge in [0.1, 0.15) is 0 Å². The summed E-state index contributed by atoms with van der Waals surface area (Å²) in [6.07, 6.45) is 3.48. The molecule has 2 heterocycles. The molecule has 0 unspecified atom stereocenters. The van der Waals surface area contributed by atoms with Crippen molar-refractivity contribution >= 4 is 38.8 Å². The predicted molar refractivity (Wildman–Crippen MR) is 73.0 cm³/mol. The van der Waals surface area contributed by atoms with Gasteiger partial charge in [-0.25, -0.2) is 0 Å². The standard InChI is InChI=1S/C13H11BrNO2S/c1-9(16)10-3-2-6-15(7-10)8-11(17)12-4-5-13(14)18-12/h2-7H,8H2,1H3/q+1. The maximum absolute atomic E-state index is 12.0. The van der Waals surface area contributed by atoms with Crippen molar-refractivity contribution in [1.29, 1.82) is 0 Å². The first kappa shape index (κ1) is 13.1. The van der Waals surface area contributed by atoms with Crippen LogP contribution in [0.5, 0.6) is 0 Å². The molecule has 0 atom stereocenters. The molecular formula is C13H11BrNO2S+. The highest BCUT2D eigenvalue weighted by molar-refractivity contribution is 9.11. The van der Waals surface area contributed by atoms with Gasteiger partial charge in [-0.15, -0.1) is 11.3 Å². The van der Waals surface area contributed by atoms with Crippen molar-refractivity contribution in [2.45, 2.75) is 13.5 Å². The number of pyridine rings is 1. The Kier molecular flexibility index (Phi) is 4.04. The summed E-state index contributed by atoms with van der Waals surface area (Å²) in [4.78, 5) is 24.0. The van der Waals surface area contributed by atoms with Crippen molar-refractivity contribution in [1.82, 2.24) is 0 Å². The minimum absolute atomic E-state index is 0.00401. The molecule has 0 bridgehead atoms. The lowest BCUT2D eigenvalue weighted by Crippen LogP contribution is -2.37. The molecule has 3 nitrogen and oxygen atoms in total. The van der Waals surface area contributed by atoms with Crippen LogP contribution in [0.3, 0.4) is 0 Å². The van der Waals surface area contributed by atoms with E-state index in [2.05, 4.69) is 15.9 Å². The summed E-state index contributed by atoms with van der Waals surface area (Å²) in [7, 11) is 0. The van der Waals surface area contributed by atoms with Crippen molar-refractivity contribution in [2.75, 3.05) is 0 Å². The van der Waals surface area contributed by atoms with Gasteiger partial charge >= 0.3 is 0 Å². The highest BCUT2D eigenvalue weighted by Gasteiger charge is 2.15. The third-order valence-electron chi connectivity index (χ3n) is 2.44. The van der Waals surface area contributed by atoms with Crippen molar-refractivity contribution in [3.8, 4) is 0 Å². The molecule has 2 aromatic heterocycles. The van der Waals surface area contributed by atoms with Gasteiger partial charge in [0.05, 0.1) is 14.2 Å². The van der Waals surface area contributed by atoms with Crippen LogP contribution in [0.2, 0.25) is 0 Å². The van der Waals surface area contributed by atoms with E-state index < -0.39 is 0 Å². The molecule has 5 heteroatoms. The molecule has 0 aliphatic rings. The molecule has 2 rings (SSSR count). The average Bonchev–Trinajstić information content (AvgIpc) is 2.76. The molecule has 0 radical (unpaired) electrons. The van der Waals surface area contributed by atoms with Crippen LogP contribution in [0.25, 0.3) is 0 Å². The fourth-order valence-electron chi connectivity index (χ4n) is 1.54. The monoisotopic (exact) mass is 324 g/mol. The molecule has 0 amide bonds. The van der Waals surface area contributed by atoms with E-state index in [0.717, 1.165) is 3.79 Å². The molecular weight excluding hydrogens is 314 g/mol. The molecule has 2 aromatic rings. The minimum atomic E-state index is -0.00401. The first-order valence-corrected chi connectivity index (χ1v) is 6.96. The quantitative estimate of drug-likeness (QED) is 0.640. The second-order valence-corrected chi connectivity index (χ2v) is 6.31. The third-order valence-corrected chi connectivity index (χ3v) is 4.10. The number of halogens is 1. The van der Waals surface area contributed by atoms with Crippen LogP contribution < -0.4 is 4.57 Å². The summed E-state index contributed by atoms with van der Waals surface area (Å²) in [6, 6.07) is 7.17. The van der Waals surface area contributed by atoms with Gasteiger partial charge < -0.3 is 0 Å². The van der Waals surface area contributed by atoms with Crippen molar-refractivity contribution in [2.24, 2.45) is 0 Å². The lowest BCUT2D eigenvalue weighted by molar-refractivity contribution is -0.683. The van der Waals surface area contributed by atoms with Crippen molar-refractivity contribution in [3.63, 3.8) is 0 Å². The third kappa shape index (κ3) is 3.11. The summed E-state index contributed by atoms with van der Waals surface area (Å²) in [5.74, 6) is 0.0343. The second-order valence-electron chi connectivity index (χ2n) is 3.85. The van der Waals surface area contributed by atoms with E-state index in [1.165, 1.54) is 18.3 Å². The van der Waals surface area contributed by atoms with Gasteiger partial charge in [0, 0.05) is 6.07 Å². The van der Waals surface area contributed by atoms with Crippen LogP contribution in [0.1, 0.15) is 27.0 Å². The van der Waals surface area contributed by atoms with Crippen molar-refractivity contribution in [3.05, 3.63) is 50.9 Å². The van der Waals surface area contributed by atoms with E-state index in [-0.39, 0.29) is 18.1 Å². The highest BCUT2D eigenvalue weighted by atomic mass is 79.9. The fourth-order valence-corrected chi connectivity index (χ4v) is 2.85. The number of carbonyl (C=O) groups excluding carboxylic acids is 2. The molecule has 18 heavy (non-hydrogen) atoms. The normalized spacial score (nSPS) is 10.3. The molecule has 0 aliphatic carbocycles. The van der Waals surface area contributed by atoms with Crippen LogP contribution in [-0.2, 0) is 6.54 Å². The van der Waals surface area contributed by atoms with Gasteiger partial charge in [0.2, 0.25) is 12.3 Å². The Labute approximate surface area is 117 Å². The predicted octanol–water partition coefficient (Wildman–Crippen LogP) is 2.88. The fraction of sp³-hybridized carbons (Fsp3) is 0.154. The van der Waals surface area contributed by atoms with E-state index >= 15 is 0 Å². The maximum atomic E-state index is 12.0. The molecule has 0 spiro atoms. The van der Waals surface area contributed by atoms with Crippen LogP contribution in [0.4, 0.5) is 0 Å². The first-order chi connectivity index (χ1) is 8.56. The van der Waals surface area contributed by atoms with E-state index in [9.17, 15) is 9.59 Å². The molecule has 92 valence electrons. The molecule has 0 fully saturated rings. The van der Waals surface area contributed by atoms with Crippen molar-refractivity contribution < 1.29 is 14.2 Å². The van der Waals surface area contributed by atoms with Crippen LogP contribution in [0.15, 0.2) is 40.4 Å². The Balaban J connectivity index is 2.16. The van der Waals surface area contributed by atoms with Crippen LogP contribution >= 0.6 is 27.3 Å². The number of carbonyl (C=O) groups is 2. The Morgan fingerprint density at radius 2 is 2.11 bits per heavy atom. The maximum Gasteiger partial charge on any atom is 0.237 e. The largest absolute Gasteiger partial charge is 0.294 e. The van der Waals surface area contributed by atoms with Gasteiger partial charge in [-0.05, 0) is 41.1 Å². The zero-order valence-corrected chi connectivity index (χ0v) is 12.1.